The van der Waals surface area contributed by atoms with E-state index >= 15 is 0 Å². The van der Waals surface area contributed by atoms with Gasteiger partial charge in [-0.3, -0.25) is 0 Å². The van der Waals surface area contributed by atoms with Gasteiger partial charge >= 0.3 is 0 Å². The first-order valence-electron chi connectivity index (χ1n) is 16.7. The molecule has 0 unspecified atom stereocenters. The molecule has 240 valence electrons. The highest BCUT2D eigenvalue weighted by Crippen LogP contribution is 2.52. The molecule has 1 heterocycles. The third kappa shape index (κ3) is 9.66. The van der Waals surface area contributed by atoms with Crippen LogP contribution in [0.25, 0.3) is 0 Å². The summed E-state index contributed by atoms with van der Waals surface area (Å²) in [5, 5.41) is 46.1. The summed E-state index contributed by atoms with van der Waals surface area (Å²) in [5.74, 6) is 0.259. The molecule has 1 saturated heterocycles. The molecule has 1 aliphatic carbocycles. The number of ether oxygens (including phenoxy) is 1. The molecule has 8 nitrogen and oxygen atoms in total. The van der Waals surface area contributed by atoms with E-state index < -0.39 is 11.2 Å². The number of unbranched alkanes of at least 4 members (excludes halogenated alkanes) is 2. The Bertz CT molecular complexity index is 957. The molecule has 0 aromatic heterocycles. The van der Waals surface area contributed by atoms with Crippen LogP contribution in [0.3, 0.4) is 0 Å². The highest BCUT2D eigenvalue weighted by molar-refractivity contribution is 5.55. The van der Waals surface area contributed by atoms with Gasteiger partial charge in [-0.05, 0) is 108 Å². The lowest BCUT2D eigenvalue weighted by Crippen LogP contribution is -2.56. The molecule has 6 N–H and O–H groups in total. The third-order valence-corrected chi connectivity index (χ3v) is 9.06. The smallest absolute Gasteiger partial charge is 0.144 e. The molecule has 1 fully saturated rings. The zero-order chi connectivity index (χ0) is 30.4. The Kier molecular flexibility index (Phi) is 14.6. The lowest BCUT2D eigenvalue weighted by atomic mass is 9.64. The molecule has 2 atom stereocenters. The van der Waals surface area contributed by atoms with E-state index in [-0.39, 0.29) is 11.7 Å². The van der Waals surface area contributed by atoms with E-state index in [1.807, 2.05) is 26.8 Å². The van der Waals surface area contributed by atoms with Gasteiger partial charge in [-0.2, -0.15) is 0 Å². The second kappa shape index (κ2) is 17.6. The number of aromatic hydroxyl groups is 1. The fraction of sp³-hybridized carbons (Fsp3) is 0.765. The van der Waals surface area contributed by atoms with Gasteiger partial charge in [0.1, 0.15) is 22.7 Å². The maximum atomic E-state index is 12.2. The number of aryl methyl sites for hydroxylation is 1. The van der Waals surface area contributed by atoms with Gasteiger partial charge in [-0.25, -0.2) is 0 Å². The van der Waals surface area contributed by atoms with Crippen LogP contribution in [0.2, 0.25) is 0 Å². The van der Waals surface area contributed by atoms with Gasteiger partial charge in [0.25, 0.3) is 0 Å². The number of aliphatic hydroxyl groups is 2. The van der Waals surface area contributed by atoms with Crippen LogP contribution in [0.15, 0.2) is 23.8 Å². The number of benzene rings is 1. The summed E-state index contributed by atoms with van der Waals surface area (Å²) < 4.78 is 6.43. The second-order valence-electron chi connectivity index (χ2n) is 12.8. The van der Waals surface area contributed by atoms with Crippen molar-refractivity contribution in [3.05, 3.63) is 34.9 Å². The number of nitrogens with one attached hydrogen (secondary N) is 3. The monoisotopic (exact) mass is 588 g/mol. The Balaban J connectivity index is 1.76. The first kappa shape index (κ1) is 34.8. The third-order valence-electron chi connectivity index (χ3n) is 9.06. The van der Waals surface area contributed by atoms with E-state index in [1.54, 1.807) is 12.1 Å². The SMILES string of the molecule is CCCCCc1cc(O)c([C@]2(O)C=C(C)CC[C@@]2(O)C(C)C)c(OCCCN2CCCNCCNCCCNCC2)c1. The van der Waals surface area contributed by atoms with Gasteiger partial charge in [-0.1, -0.05) is 39.2 Å². The highest BCUT2D eigenvalue weighted by atomic mass is 16.5. The Labute approximate surface area is 255 Å². The van der Waals surface area contributed by atoms with Crippen molar-refractivity contribution in [2.45, 2.75) is 96.7 Å². The Morgan fingerprint density at radius 1 is 0.929 bits per heavy atom. The Morgan fingerprint density at radius 2 is 1.64 bits per heavy atom. The Hall–Kier alpha value is -1.68. The first-order valence-corrected chi connectivity index (χ1v) is 16.7. The first-order chi connectivity index (χ1) is 20.2. The van der Waals surface area contributed by atoms with Crippen LogP contribution in [0, 0.1) is 5.92 Å². The van der Waals surface area contributed by atoms with E-state index in [2.05, 4.69) is 27.8 Å². The molecule has 0 radical (unpaired) electrons. The van der Waals surface area contributed by atoms with Gasteiger partial charge in [0.15, 0.2) is 0 Å². The average Bonchev–Trinajstić information content (AvgIpc) is 2.94. The summed E-state index contributed by atoms with van der Waals surface area (Å²) in [5.41, 5.74) is -0.869. The molecule has 42 heavy (non-hydrogen) atoms. The molecule has 0 saturated carbocycles. The summed E-state index contributed by atoms with van der Waals surface area (Å²) in [6.45, 7) is 17.5. The zero-order valence-electron chi connectivity index (χ0n) is 26.9. The summed E-state index contributed by atoms with van der Waals surface area (Å²) in [4.78, 5) is 2.50. The van der Waals surface area contributed by atoms with Crippen molar-refractivity contribution in [2.75, 3.05) is 65.5 Å². The highest BCUT2D eigenvalue weighted by Gasteiger charge is 2.55. The normalized spacial score (nSPS) is 25.6. The molecule has 3 rings (SSSR count). The Morgan fingerprint density at radius 3 is 2.36 bits per heavy atom. The number of allylic oxidation sites excluding steroid dienone is 1. The predicted molar refractivity (Wildman–Crippen MR) is 172 cm³/mol. The molecule has 0 amide bonds. The summed E-state index contributed by atoms with van der Waals surface area (Å²) in [7, 11) is 0. The lowest BCUT2D eigenvalue weighted by molar-refractivity contribution is -0.165. The van der Waals surface area contributed by atoms with E-state index in [9.17, 15) is 15.3 Å². The van der Waals surface area contributed by atoms with E-state index in [0.717, 1.165) is 115 Å². The van der Waals surface area contributed by atoms with Crippen LogP contribution in [0.5, 0.6) is 11.5 Å². The molecule has 0 bridgehead atoms. The van der Waals surface area contributed by atoms with Gasteiger partial charge in [0, 0.05) is 32.7 Å². The minimum atomic E-state index is -1.74. The van der Waals surface area contributed by atoms with Crippen LogP contribution in [-0.2, 0) is 12.0 Å². The molecule has 1 aromatic carbocycles. The molecule has 8 heteroatoms. The van der Waals surface area contributed by atoms with Crippen LogP contribution in [0.1, 0.15) is 90.2 Å². The fourth-order valence-electron chi connectivity index (χ4n) is 6.39. The van der Waals surface area contributed by atoms with Crippen molar-refractivity contribution in [1.82, 2.24) is 20.9 Å². The number of phenolic OH excluding ortho intramolecular Hbond substituents is 1. The van der Waals surface area contributed by atoms with E-state index in [0.29, 0.717) is 30.8 Å². The van der Waals surface area contributed by atoms with Crippen LogP contribution < -0.4 is 20.7 Å². The van der Waals surface area contributed by atoms with E-state index in [4.69, 9.17) is 4.74 Å². The lowest BCUT2D eigenvalue weighted by Gasteiger charge is -2.48. The number of hydrogen-bond acceptors (Lipinski definition) is 8. The molecule has 1 aliphatic heterocycles. The minimum Gasteiger partial charge on any atom is -0.507 e. The van der Waals surface area contributed by atoms with Crippen LogP contribution in [0.4, 0.5) is 0 Å². The second-order valence-corrected chi connectivity index (χ2v) is 12.8. The van der Waals surface area contributed by atoms with Crippen molar-refractivity contribution < 1.29 is 20.1 Å². The van der Waals surface area contributed by atoms with Crippen LogP contribution in [-0.4, -0.2) is 91.3 Å². The molecule has 0 spiro atoms. The quantitative estimate of drug-likeness (QED) is 0.170. The van der Waals surface area contributed by atoms with Crippen molar-refractivity contribution in [2.24, 2.45) is 5.92 Å². The summed E-state index contributed by atoms with van der Waals surface area (Å²) in [6.07, 6.45) is 10.1. The van der Waals surface area contributed by atoms with Crippen molar-refractivity contribution in [3.63, 3.8) is 0 Å². The van der Waals surface area contributed by atoms with Gasteiger partial charge in [0.05, 0.1) is 12.2 Å². The van der Waals surface area contributed by atoms with Crippen molar-refractivity contribution in [3.8, 4) is 11.5 Å². The van der Waals surface area contributed by atoms with Crippen molar-refractivity contribution in [1.29, 1.82) is 0 Å². The number of rotatable bonds is 11. The number of phenols is 1. The minimum absolute atomic E-state index is 0.00455. The zero-order valence-corrected chi connectivity index (χ0v) is 26.9. The topological polar surface area (TPSA) is 109 Å². The van der Waals surface area contributed by atoms with Gasteiger partial charge in [-0.15, -0.1) is 0 Å². The molecular weight excluding hydrogens is 528 g/mol. The van der Waals surface area contributed by atoms with Crippen molar-refractivity contribution >= 4 is 0 Å². The molecule has 2 aliphatic rings. The average molecular weight is 589 g/mol. The molecular formula is C34H60N4O4. The van der Waals surface area contributed by atoms with E-state index in [1.165, 1.54) is 0 Å². The fourth-order valence-corrected chi connectivity index (χ4v) is 6.39. The predicted octanol–water partition coefficient (Wildman–Crippen LogP) is 4.07. The van der Waals surface area contributed by atoms with Gasteiger partial charge in [0.2, 0.25) is 0 Å². The summed E-state index contributed by atoms with van der Waals surface area (Å²) >= 11 is 0. The van der Waals surface area contributed by atoms with Gasteiger partial charge < -0.3 is 40.9 Å². The standard InChI is InChI=1S/C34H60N4O4/c1-5-6-7-11-29-24-30(39)32(34(41)26-28(4)12-13-33(34,40)27(2)3)31(25-29)42-23-10-21-38-20-9-16-36-18-17-35-14-8-15-37-19-22-38/h24-27,35-37,39-41H,5-23H2,1-4H3/t33-,34-/m1/s1. The summed E-state index contributed by atoms with van der Waals surface area (Å²) in [6, 6.07) is 3.74. The molecule has 1 aromatic rings. The number of hydrogen-bond donors (Lipinski definition) is 6. The number of nitrogens with zero attached hydrogens (tertiary/aromatic N) is 1. The maximum Gasteiger partial charge on any atom is 0.144 e. The largest absolute Gasteiger partial charge is 0.507 e. The maximum absolute atomic E-state index is 12.2. The van der Waals surface area contributed by atoms with Crippen LogP contribution >= 0.6 is 0 Å².